The van der Waals surface area contributed by atoms with E-state index in [2.05, 4.69) is 4.98 Å². The molecule has 162 valence electrons. The highest BCUT2D eigenvalue weighted by atomic mass is 19.1. The number of carbonyl (C=O) groups is 1. The molecule has 8 nitrogen and oxygen atoms in total. The van der Waals surface area contributed by atoms with Gasteiger partial charge in [0, 0.05) is 25.3 Å². The van der Waals surface area contributed by atoms with E-state index in [-0.39, 0.29) is 34.5 Å². The van der Waals surface area contributed by atoms with E-state index in [4.69, 9.17) is 11.5 Å². The lowest BCUT2D eigenvalue weighted by atomic mass is 10.1. The second kappa shape index (κ2) is 7.27. The number of aromatic nitrogens is 2. The Morgan fingerprint density at radius 3 is 2.55 bits per heavy atom. The normalized spacial score (nSPS) is 18.7. The van der Waals surface area contributed by atoms with Crippen molar-refractivity contribution in [2.24, 2.45) is 11.7 Å². The van der Waals surface area contributed by atoms with Crippen LogP contribution >= 0.6 is 0 Å². The summed E-state index contributed by atoms with van der Waals surface area (Å²) in [5.74, 6) is -4.68. The molecule has 1 aromatic carbocycles. The summed E-state index contributed by atoms with van der Waals surface area (Å²) in [4.78, 5) is 30.0. The van der Waals surface area contributed by atoms with Gasteiger partial charge in [0.1, 0.15) is 17.1 Å². The zero-order chi connectivity index (χ0) is 22.6. The lowest BCUT2D eigenvalue weighted by Gasteiger charge is -2.20. The van der Waals surface area contributed by atoms with Crippen LogP contribution in [0.25, 0.3) is 16.7 Å². The number of carboxylic acids is 1. The standard InChI is InChI=1S/C20H18F3N5O3/c1-8-5-27(7-13(8)24)19-12(22)4-9-17(29)10(20(30)31)6-28(18(9)26-19)14-3-2-11(21)16(25)15(14)23/h2-4,6,8,13H,5,7,24-25H2,1H3,(H,30,31)/t8-,13+/m0/s1. The number of anilines is 2. The molecule has 2 atom stereocenters. The monoisotopic (exact) mass is 433 g/mol. The fourth-order valence-corrected chi connectivity index (χ4v) is 3.68. The van der Waals surface area contributed by atoms with Crippen molar-refractivity contribution in [3.63, 3.8) is 0 Å². The Labute approximate surface area is 173 Å². The van der Waals surface area contributed by atoms with Gasteiger partial charge in [-0.05, 0) is 24.1 Å². The number of aromatic carboxylic acids is 1. The van der Waals surface area contributed by atoms with Crippen molar-refractivity contribution in [2.75, 3.05) is 23.7 Å². The topological polar surface area (TPSA) is 127 Å². The molecule has 0 amide bonds. The molecule has 5 N–H and O–H groups in total. The predicted octanol–water partition coefficient (Wildman–Crippen LogP) is 1.87. The van der Waals surface area contributed by atoms with Crippen LogP contribution in [-0.2, 0) is 0 Å². The molecule has 3 heterocycles. The van der Waals surface area contributed by atoms with E-state index in [9.17, 15) is 27.9 Å². The number of benzene rings is 1. The number of hydrogen-bond donors (Lipinski definition) is 3. The van der Waals surface area contributed by atoms with Crippen LogP contribution in [-0.4, -0.2) is 39.8 Å². The van der Waals surface area contributed by atoms with Crippen molar-refractivity contribution in [1.82, 2.24) is 9.55 Å². The van der Waals surface area contributed by atoms with Crippen LogP contribution < -0.4 is 21.8 Å². The Balaban J connectivity index is 2.05. The van der Waals surface area contributed by atoms with E-state index < -0.39 is 40.1 Å². The minimum absolute atomic E-state index is 0.0582. The van der Waals surface area contributed by atoms with E-state index in [0.29, 0.717) is 13.1 Å². The lowest BCUT2D eigenvalue weighted by Crippen LogP contribution is -2.29. The van der Waals surface area contributed by atoms with Crippen LogP contribution in [0.15, 0.2) is 29.2 Å². The molecule has 31 heavy (non-hydrogen) atoms. The maximum absolute atomic E-state index is 14.9. The van der Waals surface area contributed by atoms with E-state index in [0.717, 1.165) is 29.0 Å². The highest BCUT2D eigenvalue weighted by Gasteiger charge is 2.30. The van der Waals surface area contributed by atoms with Crippen LogP contribution in [0.1, 0.15) is 17.3 Å². The molecule has 4 rings (SSSR count). The molecule has 11 heteroatoms. The molecule has 1 aliphatic heterocycles. The van der Waals surface area contributed by atoms with E-state index >= 15 is 0 Å². The highest BCUT2D eigenvalue weighted by Crippen LogP contribution is 2.29. The summed E-state index contributed by atoms with van der Waals surface area (Å²) in [6.07, 6.45) is 0.857. The van der Waals surface area contributed by atoms with Crippen molar-refractivity contribution < 1.29 is 23.1 Å². The zero-order valence-electron chi connectivity index (χ0n) is 16.3. The van der Waals surface area contributed by atoms with Gasteiger partial charge in [-0.15, -0.1) is 0 Å². The van der Waals surface area contributed by atoms with Crippen molar-refractivity contribution in [3.05, 3.63) is 57.6 Å². The van der Waals surface area contributed by atoms with Gasteiger partial charge in [-0.2, -0.15) is 0 Å². The Morgan fingerprint density at radius 2 is 1.94 bits per heavy atom. The number of nitrogens with zero attached hydrogens (tertiary/aromatic N) is 3. The minimum Gasteiger partial charge on any atom is -0.477 e. The Hall–Kier alpha value is -3.60. The average Bonchev–Trinajstić information content (AvgIpc) is 3.05. The first kappa shape index (κ1) is 20.7. The van der Waals surface area contributed by atoms with Crippen LogP contribution in [0, 0.1) is 23.4 Å². The number of carboxylic acid groups (broad SMARTS) is 1. The van der Waals surface area contributed by atoms with Crippen molar-refractivity contribution in [3.8, 4) is 5.69 Å². The smallest absolute Gasteiger partial charge is 0.341 e. The molecule has 0 saturated carbocycles. The zero-order valence-corrected chi connectivity index (χ0v) is 16.3. The number of hydrogen-bond acceptors (Lipinski definition) is 6. The SMILES string of the molecule is C[C@H]1CN(c2nc3c(cc2F)c(=O)c(C(=O)O)cn3-c2ccc(F)c(N)c2F)C[C@H]1N. The lowest BCUT2D eigenvalue weighted by molar-refractivity contribution is 0.0695. The van der Waals surface area contributed by atoms with Gasteiger partial charge in [0.05, 0.1) is 11.1 Å². The molecule has 0 unspecified atom stereocenters. The Kier molecular flexibility index (Phi) is 4.85. The molecule has 0 bridgehead atoms. The third-order valence-corrected chi connectivity index (χ3v) is 5.48. The van der Waals surface area contributed by atoms with Gasteiger partial charge in [0.2, 0.25) is 5.43 Å². The summed E-state index contributed by atoms with van der Waals surface area (Å²) in [5.41, 5.74) is 8.38. The molecular formula is C20H18F3N5O3. The summed E-state index contributed by atoms with van der Waals surface area (Å²) in [7, 11) is 0. The van der Waals surface area contributed by atoms with E-state index in [1.807, 2.05) is 6.92 Å². The molecular weight excluding hydrogens is 415 g/mol. The molecule has 3 aromatic rings. The molecule has 0 spiro atoms. The first-order chi connectivity index (χ1) is 14.6. The van der Waals surface area contributed by atoms with Crippen molar-refractivity contribution in [1.29, 1.82) is 0 Å². The largest absolute Gasteiger partial charge is 0.477 e. The number of nitrogen functional groups attached to an aromatic ring is 1. The first-order valence-electron chi connectivity index (χ1n) is 9.33. The molecule has 1 fully saturated rings. The number of pyridine rings is 2. The predicted molar refractivity (Wildman–Crippen MR) is 108 cm³/mol. The Morgan fingerprint density at radius 1 is 1.23 bits per heavy atom. The molecule has 1 aliphatic rings. The van der Waals surface area contributed by atoms with Crippen LogP contribution in [0.3, 0.4) is 0 Å². The summed E-state index contributed by atoms with van der Waals surface area (Å²) < 4.78 is 44.2. The van der Waals surface area contributed by atoms with E-state index in [1.54, 1.807) is 4.90 Å². The fourth-order valence-electron chi connectivity index (χ4n) is 3.68. The third kappa shape index (κ3) is 3.26. The van der Waals surface area contributed by atoms with Gasteiger partial charge in [-0.3, -0.25) is 9.36 Å². The second-order valence-corrected chi connectivity index (χ2v) is 7.55. The number of halogens is 3. The van der Waals surface area contributed by atoms with Gasteiger partial charge in [0.25, 0.3) is 0 Å². The van der Waals surface area contributed by atoms with Gasteiger partial charge < -0.3 is 21.5 Å². The number of fused-ring (bicyclic) bond motifs is 1. The summed E-state index contributed by atoms with van der Waals surface area (Å²) >= 11 is 0. The second-order valence-electron chi connectivity index (χ2n) is 7.55. The summed E-state index contributed by atoms with van der Waals surface area (Å²) in [6.45, 7) is 2.62. The maximum Gasteiger partial charge on any atom is 0.341 e. The van der Waals surface area contributed by atoms with Gasteiger partial charge in [-0.1, -0.05) is 6.92 Å². The Bertz CT molecular complexity index is 1280. The maximum atomic E-state index is 14.9. The number of nitrogens with two attached hydrogens (primary N) is 2. The van der Waals surface area contributed by atoms with E-state index in [1.165, 1.54) is 0 Å². The van der Waals surface area contributed by atoms with Gasteiger partial charge in [-0.25, -0.2) is 22.9 Å². The molecule has 2 aromatic heterocycles. The van der Waals surface area contributed by atoms with Gasteiger partial charge in [0.15, 0.2) is 23.1 Å². The molecule has 0 radical (unpaired) electrons. The third-order valence-electron chi connectivity index (χ3n) is 5.48. The summed E-state index contributed by atoms with van der Waals surface area (Å²) in [6, 6.07) is 2.56. The highest BCUT2D eigenvalue weighted by molar-refractivity contribution is 5.92. The van der Waals surface area contributed by atoms with Crippen LogP contribution in [0.2, 0.25) is 0 Å². The first-order valence-corrected chi connectivity index (χ1v) is 9.33. The minimum atomic E-state index is -1.60. The molecule has 1 saturated heterocycles. The van der Waals surface area contributed by atoms with Crippen molar-refractivity contribution >= 4 is 28.5 Å². The van der Waals surface area contributed by atoms with Crippen molar-refractivity contribution in [2.45, 2.75) is 13.0 Å². The van der Waals surface area contributed by atoms with Gasteiger partial charge >= 0.3 is 5.97 Å². The molecule has 0 aliphatic carbocycles. The fraction of sp³-hybridized carbons (Fsp3) is 0.250. The summed E-state index contributed by atoms with van der Waals surface area (Å²) in [5, 5.41) is 9.02. The quantitative estimate of drug-likeness (QED) is 0.538. The van der Waals surface area contributed by atoms with Crippen LogP contribution in [0.4, 0.5) is 24.7 Å². The van der Waals surface area contributed by atoms with Crippen LogP contribution in [0.5, 0.6) is 0 Å². The number of rotatable bonds is 3. The average molecular weight is 433 g/mol.